The van der Waals surface area contributed by atoms with Crippen LogP contribution in [0.25, 0.3) is 10.9 Å². The number of hydrogen-bond acceptors (Lipinski definition) is 3. The Kier molecular flexibility index (Phi) is 3.99. The monoisotopic (exact) mass is 337 g/mol. The van der Waals surface area contributed by atoms with Crippen molar-refractivity contribution >= 4 is 39.2 Å². The molecule has 0 amide bonds. The van der Waals surface area contributed by atoms with Gasteiger partial charge in [0, 0.05) is 22.5 Å². The minimum absolute atomic E-state index is 0.259. The van der Waals surface area contributed by atoms with Gasteiger partial charge in [0.05, 0.1) is 5.52 Å². The molecule has 0 aliphatic carbocycles. The molecule has 0 fully saturated rings. The Labute approximate surface area is 125 Å². The second-order valence-electron chi connectivity index (χ2n) is 5.51. The van der Waals surface area contributed by atoms with Crippen molar-refractivity contribution in [3.05, 3.63) is 34.4 Å². The van der Waals surface area contributed by atoms with Crippen molar-refractivity contribution in [3.8, 4) is 0 Å². The number of carbonyl (C=O) groups excluding carboxylic acids is 2. The van der Waals surface area contributed by atoms with Crippen LogP contribution in [0.4, 0.5) is 4.79 Å². The van der Waals surface area contributed by atoms with Crippen LogP contribution in [-0.2, 0) is 16.0 Å². The summed E-state index contributed by atoms with van der Waals surface area (Å²) in [7, 11) is 0. The summed E-state index contributed by atoms with van der Waals surface area (Å²) in [5.41, 5.74) is 0.962. The summed E-state index contributed by atoms with van der Waals surface area (Å²) in [6, 6.07) is 5.56. The number of rotatable bonds is 2. The fourth-order valence-electron chi connectivity index (χ4n) is 2.03. The Balaban J connectivity index is 2.57. The van der Waals surface area contributed by atoms with E-state index in [0.29, 0.717) is 0 Å². The molecule has 0 saturated heterocycles. The van der Waals surface area contributed by atoms with Crippen LogP contribution in [0.2, 0.25) is 0 Å². The van der Waals surface area contributed by atoms with Crippen LogP contribution >= 0.6 is 15.9 Å². The van der Waals surface area contributed by atoms with Gasteiger partial charge in [0.25, 0.3) is 0 Å². The number of aldehydes is 1. The van der Waals surface area contributed by atoms with Crippen LogP contribution in [0.3, 0.4) is 0 Å². The van der Waals surface area contributed by atoms with E-state index in [1.165, 1.54) is 4.57 Å². The summed E-state index contributed by atoms with van der Waals surface area (Å²) in [5.74, 6) is 0. The summed E-state index contributed by atoms with van der Waals surface area (Å²) in [6.07, 6.45) is 2.30. The summed E-state index contributed by atoms with van der Waals surface area (Å²) < 4.78 is 7.69. The summed E-state index contributed by atoms with van der Waals surface area (Å²) >= 11 is 3.46. The SMILES string of the molecule is CC(C)(C)OC(=O)n1cc(CC=O)c2c(Br)cccc21. The number of halogens is 1. The topological polar surface area (TPSA) is 48.3 Å². The van der Waals surface area contributed by atoms with Crippen molar-refractivity contribution in [2.24, 2.45) is 0 Å². The zero-order valence-corrected chi connectivity index (χ0v) is 13.2. The molecule has 2 rings (SSSR count). The van der Waals surface area contributed by atoms with E-state index in [-0.39, 0.29) is 6.42 Å². The quantitative estimate of drug-likeness (QED) is 0.780. The molecule has 0 atom stereocenters. The zero-order valence-electron chi connectivity index (χ0n) is 11.6. The van der Waals surface area contributed by atoms with Crippen molar-refractivity contribution in [3.63, 3.8) is 0 Å². The van der Waals surface area contributed by atoms with Crippen LogP contribution in [0.1, 0.15) is 26.3 Å². The first-order valence-electron chi connectivity index (χ1n) is 6.29. The maximum atomic E-state index is 12.2. The fourth-order valence-corrected chi connectivity index (χ4v) is 2.64. The van der Waals surface area contributed by atoms with E-state index in [2.05, 4.69) is 15.9 Å². The molecule has 1 aromatic carbocycles. The third-order valence-electron chi connectivity index (χ3n) is 2.75. The smallest absolute Gasteiger partial charge is 0.419 e. The standard InChI is InChI=1S/C15H16BrNO3/c1-15(2,3)20-14(19)17-9-10(7-8-18)13-11(16)5-4-6-12(13)17/h4-6,8-9H,7H2,1-3H3. The van der Waals surface area contributed by atoms with Gasteiger partial charge in [0.2, 0.25) is 0 Å². The molecule has 1 heterocycles. The normalized spacial score (nSPS) is 11.6. The number of nitrogens with zero attached hydrogens (tertiary/aromatic N) is 1. The van der Waals surface area contributed by atoms with E-state index in [1.54, 1.807) is 6.20 Å². The highest BCUT2D eigenvalue weighted by Gasteiger charge is 2.21. The highest BCUT2D eigenvalue weighted by atomic mass is 79.9. The van der Waals surface area contributed by atoms with Crippen LogP contribution in [0.5, 0.6) is 0 Å². The highest BCUT2D eigenvalue weighted by molar-refractivity contribution is 9.10. The highest BCUT2D eigenvalue weighted by Crippen LogP contribution is 2.29. The number of ether oxygens (including phenoxy) is 1. The van der Waals surface area contributed by atoms with Gasteiger partial charge in [-0.05, 0) is 38.5 Å². The first-order valence-corrected chi connectivity index (χ1v) is 7.08. The van der Waals surface area contributed by atoms with E-state index in [1.807, 2.05) is 39.0 Å². The Hall–Kier alpha value is -1.62. The van der Waals surface area contributed by atoms with Gasteiger partial charge in [-0.3, -0.25) is 4.57 Å². The third kappa shape index (κ3) is 2.93. The second-order valence-corrected chi connectivity index (χ2v) is 6.36. The molecule has 0 bridgehead atoms. The molecule has 4 nitrogen and oxygen atoms in total. The number of hydrogen-bond donors (Lipinski definition) is 0. The van der Waals surface area contributed by atoms with Crippen LogP contribution in [0.15, 0.2) is 28.9 Å². The lowest BCUT2D eigenvalue weighted by atomic mass is 10.1. The van der Waals surface area contributed by atoms with E-state index in [0.717, 1.165) is 27.2 Å². The van der Waals surface area contributed by atoms with Crippen LogP contribution < -0.4 is 0 Å². The van der Waals surface area contributed by atoms with Crippen molar-refractivity contribution in [2.45, 2.75) is 32.8 Å². The lowest BCUT2D eigenvalue weighted by molar-refractivity contribution is -0.107. The largest absolute Gasteiger partial charge is 0.443 e. The van der Waals surface area contributed by atoms with Crippen molar-refractivity contribution in [2.75, 3.05) is 0 Å². The maximum absolute atomic E-state index is 12.2. The van der Waals surface area contributed by atoms with E-state index < -0.39 is 11.7 Å². The molecule has 0 spiro atoms. The van der Waals surface area contributed by atoms with E-state index in [9.17, 15) is 9.59 Å². The van der Waals surface area contributed by atoms with Gasteiger partial charge in [-0.15, -0.1) is 0 Å². The summed E-state index contributed by atoms with van der Waals surface area (Å²) in [5, 5.41) is 0.866. The van der Waals surface area contributed by atoms with Gasteiger partial charge >= 0.3 is 6.09 Å². The molecule has 0 aliphatic heterocycles. The van der Waals surface area contributed by atoms with Crippen molar-refractivity contribution < 1.29 is 14.3 Å². The first kappa shape index (κ1) is 14.8. The molecule has 0 unspecified atom stereocenters. The van der Waals surface area contributed by atoms with Crippen molar-refractivity contribution in [1.29, 1.82) is 0 Å². The van der Waals surface area contributed by atoms with Crippen LogP contribution in [-0.4, -0.2) is 22.5 Å². The molecule has 0 saturated carbocycles. The summed E-state index contributed by atoms with van der Waals surface area (Å²) in [4.78, 5) is 23.0. The minimum atomic E-state index is -0.565. The summed E-state index contributed by atoms with van der Waals surface area (Å²) in [6.45, 7) is 5.45. The molecular weight excluding hydrogens is 322 g/mol. The third-order valence-corrected chi connectivity index (χ3v) is 3.41. The molecule has 0 radical (unpaired) electrons. The van der Waals surface area contributed by atoms with Gasteiger partial charge < -0.3 is 9.53 Å². The molecule has 0 N–H and O–H groups in total. The second kappa shape index (κ2) is 5.40. The van der Waals surface area contributed by atoms with Gasteiger partial charge in [0.15, 0.2) is 0 Å². The Morgan fingerprint density at radius 2 is 2.10 bits per heavy atom. The van der Waals surface area contributed by atoms with E-state index in [4.69, 9.17) is 4.74 Å². The number of aromatic nitrogens is 1. The predicted molar refractivity (Wildman–Crippen MR) is 81.0 cm³/mol. The minimum Gasteiger partial charge on any atom is -0.443 e. The zero-order chi connectivity index (χ0) is 14.9. The number of benzene rings is 1. The molecule has 106 valence electrons. The Morgan fingerprint density at radius 3 is 2.70 bits per heavy atom. The number of carbonyl (C=O) groups is 2. The van der Waals surface area contributed by atoms with Gasteiger partial charge in [0.1, 0.15) is 11.9 Å². The van der Waals surface area contributed by atoms with Gasteiger partial charge in [-0.25, -0.2) is 4.79 Å². The fraction of sp³-hybridized carbons (Fsp3) is 0.333. The van der Waals surface area contributed by atoms with Gasteiger partial charge in [-0.2, -0.15) is 0 Å². The average Bonchev–Trinajstić information content (AvgIpc) is 2.68. The lowest BCUT2D eigenvalue weighted by Crippen LogP contribution is -2.26. The molecule has 20 heavy (non-hydrogen) atoms. The van der Waals surface area contributed by atoms with Crippen molar-refractivity contribution in [1.82, 2.24) is 4.57 Å². The molecular formula is C15H16BrNO3. The molecule has 0 aliphatic rings. The van der Waals surface area contributed by atoms with Crippen LogP contribution in [0, 0.1) is 0 Å². The lowest BCUT2D eigenvalue weighted by Gasteiger charge is -2.19. The average molecular weight is 338 g/mol. The van der Waals surface area contributed by atoms with E-state index >= 15 is 0 Å². The molecule has 2 aromatic rings. The molecule has 5 heteroatoms. The maximum Gasteiger partial charge on any atom is 0.419 e. The van der Waals surface area contributed by atoms with Gasteiger partial charge in [-0.1, -0.05) is 22.0 Å². The predicted octanol–water partition coefficient (Wildman–Crippen LogP) is 3.93. The number of fused-ring (bicyclic) bond motifs is 1. The Morgan fingerprint density at radius 1 is 1.40 bits per heavy atom. The Bertz CT molecular complexity index is 668. The first-order chi connectivity index (χ1) is 9.33. The molecule has 1 aromatic heterocycles.